The van der Waals surface area contributed by atoms with Crippen LogP contribution in [0.5, 0.6) is 5.75 Å². The van der Waals surface area contributed by atoms with Crippen molar-refractivity contribution in [2.75, 3.05) is 13.2 Å². The molecule has 112 valence electrons. The van der Waals surface area contributed by atoms with Crippen LogP contribution in [0.3, 0.4) is 0 Å². The molecule has 0 aromatic heterocycles. The van der Waals surface area contributed by atoms with E-state index in [1.807, 2.05) is 0 Å². The van der Waals surface area contributed by atoms with Crippen LogP contribution in [0, 0.1) is 12.8 Å². The van der Waals surface area contributed by atoms with Gasteiger partial charge in [0, 0.05) is 24.8 Å². The van der Waals surface area contributed by atoms with Crippen LogP contribution in [0.1, 0.15) is 40.4 Å². The minimum atomic E-state index is -1.01. The van der Waals surface area contributed by atoms with E-state index in [4.69, 9.17) is 15.6 Å². The highest BCUT2D eigenvalue weighted by Crippen LogP contribution is 2.35. The van der Waals surface area contributed by atoms with Crippen LogP contribution in [0.2, 0.25) is 0 Å². The summed E-state index contributed by atoms with van der Waals surface area (Å²) in [6.45, 7) is 3.01. The molecule has 4 N–H and O–H groups in total. The maximum absolute atomic E-state index is 11.1. The summed E-state index contributed by atoms with van der Waals surface area (Å²) in [5.74, 6) is -0.699. The summed E-state index contributed by atoms with van der Waals surface area (Å²) < 4.78 is 5.29. The number of phenols is 1. The summed E-state index contributed by atoms with van der Waals surface area (Å²) in [5, 5.41) is 19.2. The van der Waals surface area contributed by atoms with Crippen molar-refractivity contribution in [1.82, 2.24) is 0 Å². The lowest BCUT2D eigenvalue weighted by molar-refractivity contribution is 0.0580. The average Bonchev–Trinajstić information content (AvgIpc) is 2.41. The Labute approximate surface area is 124 Å². The molecule has 1 fully saturated rings. The van der Waals surface area contributed by atoms with Crippen molar-refractivity contribution in [1.29, 1.82) is 0 Å². The number of rotatable bonds is 3. The second-order valence-electron chi connectivity index (χ2n) is 5.01. The zero-order valence-electron chi connectivity index (χ0n) is 11.3. The fourth-order valence-corrected chi connectivity index (χ4v) is 2.51. The second kappa shape index (κ2) is 6.92. The summed E-state index contributed by atoms with van der Waals surface area (Å²) in [5.41, 5.74) is 7.42. The summed E-state index contributed by atoms with van der Waals surface area (Å²) in [7, 11) is 0. The molecule has 0 spiro atoms. The minimum absolute atomic E-state index is 0. The molecular formula is C14H20ClNO4. The maximum Gasteiger partial charge on any atom is 0.335 e. The van der Waals surface area contributed by atoms with E-state index < -0.39 is 5.97 Å². The molecule has 0 saturated carbocycles. The first-order valence-electron chi connectivity index (χ1n) is 6.41. The van der Waals surface area contributed by atoms with Crippen LogP contribution >= 0.6 is 12.4 Å². The first-order chi connectivity index (χ1) is 9.00. The van der Waals surface area contributed by atoms with Crippen LogP contribution in [0.25, 0.3) is 0 Å². The van der Waals surface area contributed by atoms with Gasteiger partial charge in [-0.15, -0.1) is 12.4 Å². The van der Waals surface area contributed by atoms with Gasteiger partial charge in [-0.1, -0.05) is 0 Å². The molecule has 0 amide bonds. The van der Waals surface area contributed by atoms with Crippen LogP contribution in [-0.4, -0.2) is 29.4 Å². The number of carboxylic acids is 1. The van der Waals surface area contributed by atoms with Crippen LogP contribution in [0.15, 0.2) is 12.1 Å². The third-order valence-corrected chi connectivity index (χ3v) is 3.71. The van der Waals surface area contributed by atoms with Gasteiger partial charge >= 0.3 is 5.97 Å². The Balaban J connectivity index is 0.00000200. The smallest absolute Gasteiger partial charge is 0.335 e. The predicted molar refractivity (Wildman–Crippen MR) is 77.5 cm³/mol. The number of hydrogen-bond donors (Lipinski definition) is 3. The van der Waals surface area contributed by atoms with Gasteiger partial charge in [0.2, 0.25) is 0 Å². The Morgan fingerprint density at radius 2 is 2.00 bits per heavy atom. The Morgan fingerprint density at radius 3 is 2.55 bits per heavy atom. The SMILES string of the molecule is Cc1cc(C(=O)O)cc([C@H](N)C2CCOCC2)c1O.Cl. The first kappa shape index (κ1) is 16.8. The van der Waals surface area contributed by atoms with Crippen molar-refractivity contribution in [3.05, 3.63) is 28.8 Å². The van der Waals surface area contributed by atoms with Crippen LogP contribution in [-0.2, 0) is 4.74 Å². The largest absolute Gasteiger partial charge is 0.507 e. The van der Waals surface area contributed by atoms with Crippen molar-refractivity contribution in [3.63, 3.8) is 0 Å². The van der Waals surface area contributed by atoms with Crippen molar-refractivity contribution in [3.8, 4) is 5.75 Å². The summed E-state index contributed by atoms with van der Waals surface area (Å²) >= 11 is 0. The van der Waals surface area contributed by atoms with Gasteiger partial charge < -0.3 is 20.7 Å². The summed E-state index contributed by atoms with van der Waals surface area (Å²) in [6, 6.07) is 2.57. The summed E-state index contributed by atoms with van der Waals surface area (Å²) in [4.78, 5) is 11.1. The molecular weight excluding hydrogens is 282 g/mol. The molecule has 1 aliphatic rings. The van der Waals surface area contributed by atoms with E-state index in [1.54, 1.807) is 6.92 Å². The fraction of sp³-hybridized carbons (Fsp3) is 0.500. The summed E-state index contributed by atoms with van der Waals surface area (Å²) in [6.07, 6.45) is 1.66. The number of hydrogen-bond acceptors (Lipinski definition) is 4. The van der Waals surface area contributed by atoms with E-state index >= 15 is 0 Å². The predicted octanol–water partition coefficient (Wildman–Crippen LogP) is 2.25. The second-order valence-corrected chi connectivity index (χ2v) is 5.01. The topological polar surface area (TPSA) is 92.8 Å². The lowest BCUT2D eigenvalue weighted by atomic mass is 9.86. The Kier molecular flexibility index (Phi) is 5.80. The lowest BCUT2D eigenvalue weighted by Crippen LogP contribution is -2.27. The molecule has 6 heteroatoms. The third-order valence-electron chi connectivity index (χ3n) is 3.71. The molecule has 1 aromatic carbocycles. The number of aryl methyl sites for hydroxylation is 1. The van der Waals surface area contributed by atoms with Gasteiger partial charge in [-0.2, -0.15) is 0 Å². The molecule has 1 atom stereocenters. The van der Waals surface area contributed by atoms with Crippen molar-refractivity contribution in [2.24, 2.45) is 11.7 Å². The monoisotopic (exact) mass is 301 g/mol. The van der Waals surface area contributed by atoms with Crippen molar-refractivity contribution < 1.29 is 19.7 Å². The zero-order chi connectivity index (χ0) is 14.0. The van der Waals surface area contributed by atoms with Gasteiger partial charge in [-0.3, -0.25) is 0 Å². The lowest BCUT2D eigenvalue weighted by Gasteiger charge is -2.28. The molecule has 1 aromatic rings. The van der Waals surface area contributed by atoms with Gasteiger partial charge in [0.1, 0.15) is 5.75 Å². The van der Waals surface area contributed by atoms with Crippen molar-refractivity contribution in [2.45, 2.75) is 25.8 Å². The molecule has 1 heterocycles. The van der Waals surface area contributed by atoms with E-state index in [-0.39, 0.29) is 35.7 Å². The number of nitrogens with two attached hydrogens (primary N) is 1. The Morgan fingerprint density at radius 1 is 1.40 bits per heavy atom. The van der Waals surface area contributed by atoms with Gasteiger partial charge in [0.25, 0.3) is 0 Å². The molecule has 1 aliphatic heterocycles. The molecule has 0 aliphatic carbocycles. The molecule has 0 radical (unpaired) electrons. The quantitative estimate of drug-likeness (QED) is 0.796. The Bertz CT molecular complexity index is 486. The number of carbonyl (C=O) groups is 1. The van der Waals surface area contributed by atoms with E-state index in [0.29, 0.717) is 24.3 Å². The first-order valence-corrected chi connectivity index (χ1v) is 6.41. The molecule has 0 unspecified atom stereocenters. The number of phenolic OH excluding ortho intramolecular Hbond substituents is 1. The fourth-order valence-electron chi connectivity index (χ4n) is 2.51. The zero-order valence-corrected chi connectivity index (χ0v) is 12.2. The van der Waals surface area contributed by atoms with Gasteiger partial charge in [0.05, 0.1) is 5.56 Å². The minimum Gasteiger partial charge on any atom is -0.507 e. The van der Waals surface area contributed by atoms with Gasteiger partial charge in [-0.05, 0) is 43.4 Å². The number of halogens is 1. The average molecular weight is 302 g/mol. The number of carboxylic acid groups (broad SMARTS) is 1. The molecule has 20 heavy (non-hydrogen) atoms. The number of aromatic hydroxyl groups is 1. The van der Waals surface area contributed by atoms with Gasteiger partial charge in [-0.25, -0.2) is 4.79 Å². The standard InChI is InChI=1S/C14H19NO4.ClH/c1-8-6-10(14(17)18)7-11(13(8)16)12(15)9-2-4-19-5-3-9;/h6-7,9,12,16H,2-5,15H2,1H3,(H,17,18);1H/t12-;/m1./s1. The highest BCUT2D eigenvalue weighted by atomic mass is 35.5. The number of benzene rings is 1. The van der Waals surface area contributed by atoms with E-state index in [2.05, 4.69) is 0 Å². The Hall–Kier alpha value is -1.30. The van der Waals surface area contributed by atoms with E-state index in [0.717, 1.165) is 12.8 Å². The molecule has 0 bridgehead atoms. The molecule has 1 saturated heterocycles. The molecule has 5 nitrogen and oxygen atoms in total. The highest BCUT2D eigenvalue weighted by Gasteiger charge is 2.25. The van der Waals surface area contributed by atoms with Crippen LogP contribution in [0.4, 0.5) is 0 Å². The normalized spacial score (nSPS) is 17.3. The number of ether oxygens (including phenoxy) is 1. The maximum atomic E-state index is 11.1. The van der Waals surface area contributed by atoms with E-state index in [9.17, 15) is 9.90 Å². The third kappa shape index (κ3) is 3.42. The van der Waals surface area contributed by atoms with Gasteiger partial charge in [0.15, 0.2) is 0 Å². The number of aromatic carboxylic acids is 1. The highest BCUT2D eigenvalue weighted by molar-refractivity contribution is 5.88. The molecule has 2 rings (SSSR count). The van der Waals surface area contributed by atoms with E-state index in [1.165, 1.54) is 12.1 Å². The van der Waals surface area contributed by atoms with Crippen molar-refractivity contribution >= 4 is 18.4 Å². The van der Waals surface area contributed by atoms with Crippen LogP contribution < -0.4 is 5.73 Å².